The molecule has 0 spiro atoms. The Hall–Kier alpha value is -3.54. The van der Waals surface area contributed by atoms with E-state index in [-0.39, 0.29) is 22.1 Å². The first-order valence-electron chi connectivity index (χ1n) is 7.91. The number of anilines is 1. The van der Waals surface area contributed by atoms with E-state index in [1.807, 2.05) is 0 Å². The van der Waals surface area contributed by atoms with Gasteiger partial charge in [0.2, 0.25) is 5.91 Å². The maximum Gasteiger partial charge on any atom is 0.416 e. The molecule has 1 N–H and O–H groups in total. The number of nitrogens with zero attached hydrogens (tertiary/aromatic N) is 3. The Morgan fingerprint density at radius 3 is 2.72 bits per heavy atom. The first-order chi connectivity index (χ1) is 13.6. The quantitative estimate of drug-likeness (QED) is 0.498. The average molecular weight is 424 g/mol. The van der Waals surface area contributed by atoms with E-state index in [1.54, 1.807) is 0 Å². The zero-order valence-electron chi connectivity index (χ0n) is 14.3. The molecule has 12 heteroatoms. The van der Waals surface area contributed by atoms with Gasteiger partial charge in [0.05, 0.1) is 22.4 Å². The molecule has 3 aromatic rings. The minimum atomic E-state index is -4.49. The van der Waals surface area contributed by atoms with Crippen molar-refractivity contribution in [2.45, 2.75) is 12.7 Å². The van der Waals surface area contributed by atoms with Crippen molar-refractivity contribution in [3.63, 3.8) is 0 Å². The van der Waals surface area contributed by atoms with Gasteiger partial charge in [-0.2, -0.15) is 13.2 Å². The molecule has 0 aliphatic heterocycles. The fourth-order valence-corrected chi connectivity index (χ4v) is 3.12. The Balaban J connectivity index is 1.74. The van der Waals surface area contributed by atoms with Crippen molar-refractivity contribution >= 4 is 28.1 Å². The number of carbonyl (C=O) groups is 1. The number of pyridine rings is 1. The summed E-state index contributed by atoms with van der Waals surface area (Å²) in [6, 6.07) is 6.60. The Labute approximate surface area is 164 Å². The highest BCUT2D eigenvalue weighted by molar-refractivity contribution is 7.14. The first kappa shape index (κ1) is 20.2. The summed E-state index contributed by atoms with van der Waals surface area (Å²) in [6.07, 6.45) is -3.55. The number of rotatable bonds is 5. The molecular weight excluding hydrogens is 413 g/mol. The lowest BCUT2D eigenvalue weighted by atomic mass is 10.1. The molecule has 0 bridgehead atoms. The lowest BCUT2D eigenvalue weighted by Crippen LogP contribution is -2.26. The van der Waals surface area contributed by atoms with Crippen LogP contribution in [0.3, 0.4) is 0 Å². The number of nitrogens with one attached hydrogen (secondary N) is 1. The molecule has 1 amide bonds. The molecule has 2 aromatic heterocycles. The van der Waals surface area contributed by atoms with E-state index in [0.717, 1.165) is 46.4 Å². The molecule has 0 atom stereocenters. The van der Waals surface area contributed by atoms with Crippen LogP contribution in [-0.4, -0.2) is 20.4 Å². The van der Waals surface area contributed by atoms with E-state index in [1.165, 1.54) is 17.5 Å². The topological polar surface area (TPSA) is 107 Å². The second-order valence-corrected chi connectivity index (χ2v) is 6.63. The second kappa shape index (κ2) is 7.83. The Morgan fingerprint density at radius 2 is 2.03 bits per heavy atom. The number of aromatic nitrogens is 2. The zero-order chi connectivity index (χ0) is 21.2. The summed E-state index contributed by atoms with van der Waals surface area (Å²) in [5.74, 6) is -0.669. The Bertz CT molecular complexity index is 1140. The number of carbonyl (C=O) groups excluding carboxylic acids is 1. The molecule has 0 aliphatic rings. The highest BCUT2D eigenvalue weighted by atomic mass is 32.1. The maximum atomic E-state index is 12.8. The van der Waals surface area contributed by atoms with Crippen molar-refractivity contribution in [3.05, 3.63) is 74.0 Å². The van der Waals surface area contributed by atoms with Crippen LogP contribution in [0.25, 0.3) is 11.3 Å². The Morgan fingerprint density at radius 1 is 1.28 bits per heavy atom. The number of halogens is 3. The standard InChI is InChI=1S/C17H11F3N4O4S/c18-17(19,20)11-3-1-2-10(6-11)13-9-29-16(21-13)22-14(25)8-23-7-12(24(27)28)4-5-15(23)26/h1-7,9H,8H2,(H,21,22,25). The summed E-state index contributed by atoms with van der Waals surface area (Å²) < 4.78 is 39.4. The van der Waals surface area contributed by atoms with Gasteiger partial charge < -0.3 is 5.32 Å². The van der Waals surface area contributed by atoms with Crippen molar-refractivity contribution in [1.29, 1.82) is 0 Å². The summed E-state index contributed by atoms with van der Waals surface area (Å²) in [6.45, 7) is -0.487. The predicted octanol–water partition coefficient (Wildman–Crippen LogP) is 3.54. The molecule has 2 heterocycles. The zero-order valence-corrected chi connectivity index (χ0v) is 15.2. The first-order valence-corrected chi connectivity index (χ1v) is 8.79. The smallest absolute Gasteiger partial charge is 0.300 e. The molecule has 0 radical (unpaired) electrons. The number of benzene rings is 1. The van der Waals surface area contributed by atoms with Gasteiger partial charge in [0, 0.05) is 23.1 Å². The molecular formula is C17H11F3N4O4S. The SMILES string of the molecule is O=C(Cn1cc([N+](=O)[O-])ccc1=O)Nc1nc(-c2cccc(C(F)(F)F)c2)cs1. The molecule has 3 rings (SSSR count). The van der Waals surface area contributed by atoms with Crippen LogP contribution in [0.1, 0.15) is 5.56 Å². The van der Waals surface area contributed by atoms with E-state index < -0.39 is 34.7 Å². The summed E-state index contributed by atoms with van der Waals surface area (Å²) >= 11 is 0.989. The van der Waals surface area contributed by atoms with Gasteiger partial charge >= 0.3 is 6.18 Å². The fourth-order valence-electron chi connectivity index (χ4n) is 2.38. The Kier molecular flexibility index (Phi) is 5.46. The normalized spacial score (nSPS) is 11.3. The van der Waals surface area contributed by atoms with E-state index in [0.29, 0.717) is 0 Å². The van der Waals surface area contributed by atoms with Crippen molar-refractivity contribution in [1.82, 2.24) is 9.55 Å². The van der Waals surface area contributed by atoms with Gasteiger partial charge in [-0.1, -0.05) is 12.1 Å². The molecule has 8 nitrogen and oxygen atoms in total. The number of alkyl halides is 3. The lowest BCUT2D eigenvalue weighted by molar-refractivity contribution is -0.385. The van der Waals surface area contributed by atoms with Crippen LogP contribution in [0.5, 0.6) is 0 Å². The molecule has 0 saturated heterocycles. The number of hydrogen-bond donors (Lipinski definition) is 1. The van der Waals surface area contributed by atoms with Crippen molar-refractivity contribution in [3.8, 4) is 11.3 Å². The molecule has 29 heavy (non-hydrogen) atoms. The van der Waals surface area contributed by atoms with Gasteiger partial charge in [-0.15, -0.1) is 11.3 Å². The molecule has 0 aliphatic carbocycles. The number of hydrogen-bond acceptors (Lipinski definition) is 6. The van der Waals surface area contributed by atoms with E-state index >= 15 is 0 Å². The number of thiazole rings is 1. The highest BCUT2D eigenvalue weighted by Gasteiger charge is 2.30. The van der Waals surface area contributed by atoms with Crippen LogP contribution >= 0.6 is 11.3 Å². The average Bonchev–Trinajstić information content (AvgIpc) is 3.11. The third kappa shape index (κ3) is 4.85. The van der Waals surface area contributed by atoms with Crippen LogP contribution in [0.2, 0.25) is 0 Å². The van der Waals surface area contributed by atoms with Gasteiger partial charge in [-0.05, 0) is 12.1 Å². The van der Waals surface area contributed by atoms with Gasteiger partial charge in [0.1, 0.15) is 6.54 Å². The second-order valence-electron chi connectivity index (χ2n) is 5.78. The number of nitro groups is 1. The largest absolute Gasteiger partial charge is 0.416 e. The molecule has 0 unspecified atom stereocenters. The summed E-state index contributed by atoms with van der Waals surface area (Å²) in [7, 11) is 0. The summed E-state index contributed by atoms with van der Waals surface area (Å²) in [5, 5.41) is 14.8. The summed E-state index contributed by atoms with van der Waals surface area (Å²) in [4.78, 5) is 38.0. The summed E-state index contributed by atoms with van der Waals surface area (Å²) in [5.41, 5.74) is -1.30. The molecule has 1 aromatic carbocycles. The third-order valence-electron chi connectivity index (χ3n) is 3.73. The minimum absolute atomic E-state index is 0.112. The lowest BCUT2D eigenvalue weighted by Gasteiger charge is -2.07. The van der Waals surface area contributed by atoms with Crippen molar-refractivity contribution in [2.24, 2.45) is 0 Å². The van der Waals surface area contributed by atoms with E-state index in [4.69, 9.17) is 0 Å². The van der Waals surface area contributed by atoms with Gasteiger partial charge in [-0.25, -0.2) is 4.98 Å². The highest BCUT2D eigenvalue weighted by Crippen LogP contribution is 2.33. The van der Waals surface area contributed by atoms with Crippen LogP contribution in [-0.2, 0) is 17.5 Å². The maximum absolute atomic E-state index is 12.8. The van der Waals surface area contributed by atoms with E-state index in [2.05, 4.69) is 10.3 Å². The van der Waals surface area contributed by atoms with Gasteiger partial charge in [-0.3, -0.25) is 24.3 Å². The van der Waals surface area contributed by atoms with Gasteiger partial charge in [0.25, 0.3) is 11.2 Å². The van der Waals surface area contributed by atoms with Crippen molar-refractivity contribution in [2.75, 3.05) is 5.32 Å². The number of amides is 1. The van der Waals surface area contributed by atoms with Crippen LogP contribution in [0, 0.1) is 10.1 Å². The van der Waals surface area contributed by atoms with E-state index in [9.17, 15) is 32.9 Å². The minimum Gasteiger partial charge on any atom is -0.300 e. The fraction of sp³-hybridized carbons (Fsp3) is 0.118. The third-order valence-corrected chi connectivity index (χ3v) is 4.49. The molecule has 150 valence electrons. The van der Waals surface area contributed by atoms with Crippen LogP contribution in [0.4, 0.5) is 24.0 Å². The molecule has 0 fully saturated rings. The van der Waals surface area contributed by atoms with Gasteiger partial charge in [0.15, 0.2) is 5.13 Å². The molecule has 0 saturated carbocycles. The van der Waals surface area contributed by atoms with Crippen LogP contribution < -0.4 is 10.9 Å². The monoisotopic (exact) mass is 424 g/mol. The predicted molar refractivity (Wildman–Crippen MR) is 98.5 cm³/mol. The van der Waals surface area contributed by atoms with Crippen LogP contribution in [0.15, 0.2) is 52.8 Å². The van der Waals surface area contributed by atoms with Crippen molar-refractivity contribution < 1.29 is 22.9 Å².